The van der Waals surface area contributed by atoms with Gasteiger partial charge >= 0.3 is 0 Å². The lowest BCUT2D eigenvalue weighted by Gasteiger charge is -2.15. The summed E-state index contributed by atoms with van der Waals surface area (Å²) in [6, 6.07) is 2.23. The van der Waals surface area contributed by atoms with Crippen LogP contribution >= 0.6 is 0 Å². The van der Waals surface area contributed by atoms with E-state index < -0.39 is 0 Å². The van der Waals surface area contributed by atoms with Crippen molar-refractivity contribution in [2.45, 2.75) is 64.3 Å². The molecule has 1 aliphatic rings. The monoisotopic (exact) mass is 331 g/mol. The van der Waals surface area contributed by atoms with Crippen LogP contribution in [0.5, 0.6) is 0 Å². The third kappa shape index (κ3) is 4.21. The molecular weight excluding hydrogens is 306 g/mol. The molecule has 1 amide bonds. The fourth-order valence-electron chi connectivity index (χ4n) is 3.21. The molecule has 3 rings (SSSR count). The average molecular weight is 331 g/mol. The first-order valence-corrected chi connectivity index (χ1v) is 8.74. The molecule has 0 bridgehead atoms. The van der Waals surface area contributed by atoms with Gasteiger partial charge in [-0.3, -0.25) is 9.48 Å². The predicted octanol–water partition coefficient (Wildman–Crippen LogP) is 2.55. The number of aromatic nitrogens is 4. The highest BCUT2D eigenvalue weighted by atomic mass is 16.4. The molecule has 7 nitrogen and oxygen atoms in total. The van der Waals surface area contributed by atoms with E-state index in [1.807, 2.05) is 20.0 Å². The fraction of sp³-hybridized carbons (Fsp3) is 0.647. The quantitative estimate of drug-likeness (QED) is 0.851. The van der Waals surface area contributed by atoms with Gasteiger partial charge < -0.3 is 9.73 Å². The fourth-order valence-corrected chi connectivity index (χ4v) is 3.21. The molecular formula is C17H25N5O2. The van der Waals surface area contributed by atoms with E-state index in [1.54, 1.807) is 4.68 Å². The molecule has 0 aromatic carbocycles. The Balaban J connectivity index is 1.51. The maximum atomic E-state index is 12.1. The first kappa shape index (κ1) is 16.7. The number of hydrogen-bond acceptors (Lipinski definition) is 5. The van der Waals surface area contributed by atoms with Crippen LogP contribution in [0.25, 0.3) is 11.6 Å². The van der Waals surface area contributed by atoms with Crippen molar-refractivity contribution in [1.82, 2.24) is 25.3 Å². The van der Waals surface area contributed by atoms with Crippen LogP contribution in [-0.2, 0) is 18.3 Å². The molecule has 24 heavy (non-hydrogen) atoms. The zero-order valence-electron chi connectivity index (χ0n) is 14.4. The standard InChI is InChI=1S/C17H25N5O2/c1-12-11-14(22(2)21-12)17-20-19-16(24-17)10-9-15(23)18-13-7-5-3-4-6-8-13/h11,13H,3-10H2,1-2H3,(H,18,23). The second-order valence-electron chi connectivity index (χ2n) is 6.55. The van der Waals surface area contributed by atoms with Crippen molar-refractivity contribution in [2.75, 3.05) is 0 Å². The number of rotatable bonds is 5. The van der Waals surface area contributed by atoms with E-state index in [4.69, 9.17) is 4.42 Å². The molecule has 2 heterocycles. The molecule has 0 saturated heterocycles. The average Bonchev–Trinajstić information content (AvgIpc) is 3.05. The van der Waals surface area contributed by atoms with Crippen LogP contribution in [0.2, 0.25) is 0 Å². The third-order valence-corrected chi connectivity index (χ3v) is 4.47. The molecule has 1 aliphatic carbocycles. The van der Waals surface area contributed by atoms with Gasteiger partial charge in [0, 0.05) is 25.9 Å². The van der Waals surface area contributed by atoms with Gasteiger partial charge in [0.1, 0.15) is 5.69 Å². The first-order chi connectivity index (χ1) is 11.6. The Kier molecular flexibility index (Phi) is 5.27. The highest BCUT2D eigenvalue weighted by Crippen LogP contribution is 2.19. The van der Waals surface area contributed by atoms with E-state index in [0.29, 0.717) is 30.7 Å². The van der Waals surface area contributed by atoms with Gasteiger partial charge in [-0.15, -0.1) is 10.2 Å². The Labute approximate surface area is 141 Å². The molecule has 1 saturated carbocycles. The molecule has 0 radical (unpaired) electrons. The summed E-state index contributed by atoms with van der Waals surface area (Å²) in [4.78, 5) is 12.1. The topological polar surface area (TPSA) is 85.8 Å². The Morgan fingerprint density at radius 3 is 2.71 bits per heavy atom. The smallest absolute Gasteiger partial charge is 0.265 e. The molecule has 7 heteroatoms. The Hall–Kier alpha value is -2.18. The van der Waals surface area contributed by atoms with Gasteiger partial charge in [-0.25, -0.2) is 0 Å². The van der Waals surface area contributed by atoms with E-state index in [1.165, 1.54) is 25.7 Å². The molecule has 1 fully saturated rings. The van der Waals surface area contributed by atoms with Gasteiger partial charge in [0.2, 0.25) is 11.8 Å². The van der Waals surface area contributed by atoms with Crippen molar-refractivity contribution in [1.29, 1.82) is 0 Å². The Morgan fingerprint density at radius 1 is 1.29 bits per heavy atom. The van der Waals surface area contributed by atoms with Gasteiger partial charge in [-0.1, -0.05) is 25.7 Å². The summed E-state index contributed by atoms with van der Waals surface area (Å²) >= 11 is 0. The van der Waals surface area contributed by atoms with Crippen LogP contribution in [0.15, 0.2) is 10.5 Å². The number of carbonyl (C=O) groups excluding carboxylic acids is 1. The van der Waals surface area contributed by atoms with E-state index >= 15 is 0 Å². The second-order valence-corrected chi connectivity index (χ2v) is 6.55. The zero-order chi connectivity index (χ0) is 16.9. The minimum atomic E-state index is 0.0676. The largest absolute Gasteiger partial charge is 0.419 e. The number of carbonyl (C=O) groups is 1. The SMILES string of the molecule is Cc1cc(-c2nnc(CCC(=O)NC3CCCCCC3)o2)n(C)n1. The van der Waals surface area contributed by atoms with Crippen LogP contribution < -0.4 is 5.32 Å². The number of amides is 1. The summed E-state index contributed by atoms with van der Waals surface area (Å²) in [5.74, 6) is 0.996. The van der Waals surface area contributed by atoms with Crippen molar-refractivity contribution in [3.8, 4) is 11.6 Å². The Bertz CT molecular complexity index is 683. The van der Waals surface area contributed by atoms with E-state index in [-0.39, 0.29) is 5.91 Å². The third-order valence-electron chi connectivity index (χ3n) is 4.47. The molecule has 2 aromatic heterocycles. The highest BCUT2D eigenvalue weighted by Gasteiger charge is 2.17. The summed E-state index contributed by atoms with van der Waals surface area (Å²) in [7, 11) is 1.84. The summed E-state index contributed by atoms with van der Waals surface area (Å²) < 4.78 is 7.37. The summed E-state index contributed by atoms with van der Waals surface area (Å²) in [5.41, 5.74) is 1.68. The van der Waals surface area contributed by atoms with Gasteiger partial charge in [0.05, 0.1) is 5.69 Å². The molecule has 130 valence electrons. The highest BCUT2D eigenvalue weighted by molar-refractivity contribution is 5.76. The van der Waals surface area contributed by atoms with Crippen LogP contribution in [-0.4, -0.2) is 31.9 Å². The lowest BCUT2D eigenvalue weighted by molar-refractivity contribution is -0.121. The lowest BCUT2D eigenvalue weighted by atomic mass is 10.1. The van der Waals surface area contributed by atoms with Crippen LogP contribution in [0.1, 0.15) is 56.5 Å². The van der Waals surface area contributed by atoms with E-state index in [9.17, 15) is 4.79 Å². The van der Waals surface area contributed by atoms with Crippen molar-refractivity contribution >= 4 is 5.91 Å². The number of hydrogen-bond donors (Lipinski definition) is 1. The van der Waals surface area contributed by atoms with E-state index in [0.717, 1.165) is 24.2 Å². The van der Waals surface area contributed by atoms with Crippen LogP contribution in [0.4, 0.5) is 0 Å². The lowest BCUT2D eigenvalue weighted by Crippen LogP contribution is -2.34. The van der Waals surface area contributed by atoms with E-state index in [2.05, 4.69) is 20.6 Å². The molecule has 0 unspecified atom stereocenters. The van der Waals surface area contributed by atoms with Crippen molar-refractivity contribution in [3.63, 3.8) is 0 Å². The maximum Gasteiger partial charge on any atom is 0.265 e. The number of aryl methyl sites for hydroxylation is 3. The zero-order valence-corrected chi connectivity index (χ0v) is 14.4. The molecule has 1 N–H and O–H groups in total. The van der Waals surface area contributed by atoms with Gasteiger partial charge in [0.15, 0.2) is 0 Å². The minimum Gasteiger partial charge on any atom is -0.419 e. The van der Waals surface area contributed by atoms with Gasteiger partial charge in [0.25, 0.3) is 5.89 Å². The number of nitrogens with zero attached hydrogens (tertiary/aromatic N) is 4. The summed E-state index contributed by atoms with van der Waals surface area (Å²) in [6.45, 7) is 1.92. The predicted molar refractivity (Wildman–Crippen MR) is 89.2 cm³/mol. The van der Waals surface area contributed by atoms with Crippen LogP contribution in [0, 0.1) is 6.92 Å². The van der Waals surface area contributed by atoms with Crippen molar-refractivity contribution in [2.24, 2.45) is 7.05 Å². The minimum absolute atomic E-state index is 0.0676. The molecule has 2 aromatic rings. The summed E-state index contributed by atoms with van der Waals surface area (Å²) in [6.07, 6.45) is 8.01. The summed E-state index contributed by atoms with van der Waals surface area (Å²) in [5, 5.41) is 15.5. The van der Waals surface area contributed by atoms with Gasteiger partial charge in [-0.2, -0.15) is 5.10 Å². The Morgan fingerprint density at radius 2 is 2.04 bits per heavy atom. The first-order valence-electron chi connectivity index (χ1n) is 8.74. The molecule has 0 aliphatic heterocycles. The number of nitrogens with one attached hydrogen (secondary N) is 1. The van der Waals surface area contributed by atoms with Gasteiger partial charge in [-0.05, 0) is 25.8 Å². The van der Waals surface area contributed by atoms with Crippen molar-refractivity contribution in [3.05, 3.63) is 17.7 Å². The normalized spacial score (nSPS) is 16.1. The second kappa shape index (κ2) is 7.59. The molecule has 0 atom stereocenters. The van der Waals surface area contributed by atoms with Crippen LogP contribution in [0.3, 0.4) is 0 Å². The maximum absolute atomic E-state index is 12.1. The van der Waals surface area contributed by atoms with Crippen molar-refractivity contribution < 1.29 is 9.21 Å². The molecule has 0 spiro atoms.